The first-order valence-electron chi connectivity index (χ1n) is 13.2. The fourth-order valence-corrected chi connectivity index (χ4v) is 4.12. The van der Waals surface area contributed by atoms with Crippen LogP contribution in [0.15, 0.2) is 95.6 Å². The maximum Gasteiger partial charge on any atom is 0.273 e. The van der Waals surface area contributed by atoms with E-state index >= 15 is 0 Å². The zero-order valence-corrected chi connectivity index (χ0v) is 22.4. The molecule has 0 aliphatic rings. The summed E-state index contributed by atoms with van der Waals surface area (Å²) in [5.41, 5.74) is 5.78. The highest BCUT2D eigenvalue weighted by Crippen LogP contribution is 2.27. The molecule has 2 heterocycles. The Kier molecular flexibility index (Phi) is 7.87. The van der Waals surface area contributed by atoms with Gasteiger partial charge in [-0.3, -0.25) is 4.79 Å². The number of rotatable bonds is 10. The fraction of sp³-hybridized carbons (Fsp3) is 0.219. The molecule has 3 aromatic carbocycles. The van der Waals surface area contributed by atoms with Crippen LogP contribution in [0.2, 0.25) is 0 Å². The molecule has 1 N–H and O–H groups in total. The lowest BCUT2D eigenvalue weighted by Gasteiger charge is -2.09. The topological polar surface area (TPSA) is 82.2 Å². The standard InChI is InChI=1S/C32H32N4O3/c1-22(2)17-18-38-28-15-13-25(14-16-28)31-26(21-36(34-31)27-7-5-4-6-8-27)20-33-32(37)29-19-30(39-35-29)24-11-9-23(3)10-12-24/h4-16,19,21-22H,17-18,20H2,1-3H3,(H,33,37). The minimum absolute atomic E-state index is 0.227. The third kappa shape index (κ3) is 6.44. The van der Waals surface area contributed by atoms with Crippen LogP contribution in [0, 0.1) is 12.8 Å². The summed E-state index contributed by atoms with van der Waals surface area (Å²) < 4.78 is 13.1. The van der Waals surface area contributed by atoms with Gasteiger partial charge >= 0.3 is 0 Å². The van der Waals surface area contributed by atoms with Crippen LogP contribution in [-0.4, -0.2) is 27.5 Å². The first-order chi connectivity index (χ1) is 19.0. The van der Waals surface area contributed by atoms with Gasteiger partial charge in [0.15, 0.2) is 11.5 Å². The Morgan fingerprint density at radius 3 is 2.41 bits per heavy atom. The predicted octanol–water partition coefficient (Wildman–Crippen LogP) is 6.86. The van der Waals surface area contributed by atoms with Crippen molar-refractivity contribution < 1.29 is 14.1 Å². The highest BCUT2D eigenvalue weighted by Gasteiger charge is 2.17. The minimum Gasteiger partial charge on any atom is -0.494 e. The molecular formula is C32H32N4O3. The van der Waals surface area contributed by atoms with Crippen molar-refractivity contribution in [1.82, 2.24) is 20.3 Å². The van der Waals surface area contributed by atoms with Crippen LogP contribution in [-0.2, 0) is 6.54 Å². The van der Waals surface area contributed by atoms with Crippen molar-refractivity contribution >= 4 is 5.91 Å². The molecule has 1 amide bonds. The van der Waals surface area contributed by atoms with Crippen LogP contribution in [0.1, 0.15) is 41.9 Å². The number of aryl methyl sites for hydroxylation is 1. The van der Waals surface area contributed by atoms with E-state index < -0.39 is 0 Å². The van der Waals surface area contributed by atoms with Gasteiger partial charge in [0.1, 0.15) is 5.75 Å². The van der Waals surface area contributed by atoms with Crippen LogP contribution < -0.4 is 10.1 Å². The molecule has 0 bridgehead atoms. The normalized spacial score (nSPS) is 11.1. The van der Waals surface area contributed by atoms with E-state index in [1.54, 1.807) is 6.07 Å². The van der Waals surface area contributed by atoms with Gasteiger partial charge in [-0.1, -0.05) is 67.0 Å². The number of amides is 1. The zero-order valence-electron chi connectivity index (χ0n) is 22.4. The van der Waals surface area contributed by atoms with E-state index in [2.05, 4.69) is 24.3 Å². The number of ether oxygens (including phenoxy) is 1. The van der Waals surface area contributed by atoms with Crippen molar-refractivity contribution in [3.05, 3.63) is 108 Å². The smallest absolute Gasteiger partial charge is 0.273 e. The van der Waals surface area contributed by atoms with E-state index in [0.717, 1.165) is 45.8 Å². The monoisotopic (exact) mass is 520 g/mol. The van der Waals surface area contributed by atoms with Crippen molar-refractivity contribution in [2.75, 3.05) is 6.61 Å². The van der Waals surface area contributed by atoms with Crippen molar-refractivity contribution in [3.8, 4) is 34.0 Å². The molecule has 0 radical (unpaired) electrons. The average Bonchev–Trinajstić information content (AvgIpc) is 3.61. The maximum atomic E-state index is 13.0. The first kappa shape index (κ1) is 26.0. The van der Waals surface area contributed by atoms with E-state index in [4.69, 9.17) is 14.4 Å². The summed E-state index contributed by atoms with van der Waals surface area (Å²) in [6.45, 7) is 7.35. The second-order valence-corrected chi connectivity index (χ2v) is 9.96. The van der Waals surface area contributed by atoms with E-state index in [1.165, 1.54) is 0 Å². The Hall–Kier alpha value is -4.65. The lowest BCUT2D eigenvalue weighted by atomic mass is 10.1. The number of nitrogens with one attached hydrogen (secondary N) is 1. The number of nitrogens with zero attached hydrogens (tertiary/aromatic N) is 3. The summed E-state index contributed by atoms with van der Waals surface area (Å²) in [6, 6.07) is 27.4. The fourth-order valence-electron chi connectivity index (χ4n) is 4.12. The number of carbonyl (C=O) groups excluding carboxylic acids is 1. The molecule has 7 nitrogen and oxygen atoms in total. The summed E-state index contributed by atoms with van der Waals surface area (Å²) in [5, 5.41) is 11.8. The molecule has 0 fully saturated rings. The molecule has 0 unspecified atom stereocenters. The van der Waals surface area contributed by atoms with Crippen molar-refractivity contribution in [3.63, 3.8) is 0 Å². The molecule has 7 heteroatoms. The number of aromatic nitrogens is 3. The van der Waals surface area contributed by atoms with Crippen LogP contribution in [0.25, 0.3) is 28.3 Å². The maximum absolute atomic E-state index is 13.0. The van der Waals surface area contributed by atoms with Crippen LogP contribution in [0.4, 0.5) is 0 Å². The highest BCUT2D eigenvalue weighted by atomic mass is 16.5. The second-order valence-electron chi connectivity index (χ2n) is 9.96. The van der Waals surface area contributed by atoms with Gasteiger partial charge in [-0.2, -0.15) is 5.10 Å². The summed E-state index contributed by atoms with van der Waals surface area (Å²) >= 11 is 0. The summed E-state index contributed by atoms with van der Waals surface area (Å²) in [4.78, 5) is 13.0. The van der Waals surface area contributed by atoms with Crippen molar-refractivity contribution in [2.24, 2.45) is 5.92 Å². The molecule has 5 aromatic rings. The lowest BCUT2D eigenvalue weighted by Crippen LogP contribution is -2.23. The molecule has 198 valence electrons. The Balaban J connectivity index is 1.34. The molecule has 0 saturated heterocycles. The van der Waals surface area contributed by atoms with E-state index in [1.807, 2.05) is 96.7 Å². The minimum atomic E-state index is -0.315. The molecular weight excluding hydrogens is 488 g/mol. The zero-order chi connectivity index (χ0) is 27.2. The van der Waals surface area contributed by atoms with Crippen LogP contribution >= 0.6 is 0 Å². The van der Waals surface area contributed by atoms with Gasteiger partial charge in [0.2, 0.25) is 0 Å². The van der Waals surface area contributed by atoms with Gasteiger partial charge < -0.3 is 14.6 Å². The molecule has 0 spiro atoms. The lowest BCUT2D eigenvalue weighted by molar-refractivity contribution is 0.0942. The highest BCUT2D eigenvalue weighted by molar-refractivity contribution is 5.93. The van der Waals surface area contributed by atoms with E-state index in [-0.39, 0.29) is 18.1 Å². The van der Waals surface area contributed by atoms with Crippen molar-refractivity contribution in [2.45, 2.75) is 33.7 Å². The number of para-hydroxylation sites is 1. The Morgan fingerprint density at radius 2 is 1.69 bits per heavy atom. The van der Waals surface area contributed by atoms with Gasteiger partial charge in [0.05, 0.1) is 18.0 Å². The SMILES string of the molecule is Cc1ccc(-c2cc(C(=O)NCc3cn(-c4ccccc4)nc3-c3ccc(OCCC(C)C)cc3)no2)cc1. The average molecular weight is 521 g/mol. The summed E-state index contributed by atoms with van der Waals surface area (Å²) in [6.07, 6.45) is 2.95. The van der Waals surface area contributed by atoms with Gasteiger partial charge in [-0.25, -0.2) is 4.68 Å². The van der Waals surface area contributed by atoms with E-state index in [9.17, 15) is 4.79 Å². The summed E-state index contributed by atoms with van der Waals surface area (Å²) in [5.74, 6) is 1.65. The molecule has 39 heavy (non-hydrogen) atoms. The van der Waals surface area contributed by atoms with Crippen LogP contribution in [0.5, 0.6) is 5.75 Å². The molecule has 2 aromatic heterocycles. The molecule has 5 rings (SSSR count). The number of hydrogen-bond donors (Lipinski definition) is 1. The molecule has 0 aliphatic carbocycles. The summed E-state index contributed by atoms with van der Waals surface area (Å²) in [7, 11) is 0. The van der Waals surface area contributed by atoms with Gasteiger partial charge in [-0.05, 0) is 55.7 Å². The molecule has 0 saturated carbocycles. The van der Waals surface area contributed by atoms with E-state index in [0.29, 0.717) is 18.3 Å². The quantitative estimate of drug-likeness (QED) is 0.218. The van der Waals surface area contributed by atoms with Crippen molar-refractivity contribution in [1.29, 1.82) is 0 Å². The Bertz CT molecular complexity index is 1520. The Morgan fingerprint density at radius 1 is 0.974 bits per heavy atom. The Labute approximate surface area is 228 Å². The predicted molar refractivity (Wildman–Crippen MR) is 152 cm³/mol. The third-order valence-corrected chi connectivity index (χ3v) is 6.42. The van der Waals surface area contributed by atoms with Gasteiger partial charge in [0.25, 0.3) is 5.91 Å². The third-order valence-electron chi connectivity index (χ3n) is 6.42. The number of hydrogen-bond acceptors (Lipinski definition) is 5. The van der Waals surface area contributed by atoms with Gasteiger partial charge in [0, 0.05) is 35.5 Å². The number of carbonyl (C=O) groups is 1. The largest absolute Gasteiger partial charge is 0.494 e. The van der Waals surface area contributed by atoms with Crippen LogP contribution in [0.3, 0.4) is 0 Å². The first-order valence-corrected chi connectivity index (χ1v) is 13.2. The molecule has 0 atom stereocenters. The number of benzene rings is 3. The second kappa shape index (κ2) is 11.8. The van der Waals surface area contributed by atoms with Gasteiger partial charge in [-0.15, -0.1) is 0 Å². The molecule has 0 aliphatic heterocycles.